The molecule has 3 aromatic heterocycles. The highest BCUT2D eigenvalue weighted by Crippen LogP contribution is 2.23. The quantitative estimate of drug-likeness (QED) is 0.572. The molecule has 0 aliphatic carbocycles. The first-order chi connectivity index (χ1) is 13.5. The Morgan fingerprint density at radius 2 is 2.14 bits per heavy atom. The number of nitrogens with one attached hydrogen (secondary N) is 2. The lowest BCUT2D eigenvalue weighted by Gasteiger charge is -2.11. The summed E-state index contributed by atoms with van der Waals surface area (Å²) >= 11 is 7.47. The van der Waals surface area contributed by atoms with Crippen molar-refractivity contribution < 1.29 is 9.53 Å². The molecule has 0 aliphatic rings. The van der Waals surface area contributed by atoms with Crippen molar-refractivity contribution in [3.05, 3.63) is 52.3 Å². The van der Waals surface area contributed by atoms with Crippen LogP contribution in [0.2, 0.25) is 5.02 Å². The van der Waals surface area contributed by atoms with Gasteiger partial charge in [0, 0.05) is 18.9 Å². The van der Waals surface area contributed by atoms with Gasteiger partial charge in [-0.1, -0.05) is 36.8 Å². The molecule has 0 fully saturated rings. The summed E-state index contributed by atoms with van der Waals surface area (Å²) in [5, 5.41) is 14.2. The molecule has 0 bridgehead atoms. The smallest absolute Gasteiger partial charge is 0.259 e. The molecule has 8 nitrogen and oxygen atoms in total. The molecule has 3 rings (SSSR count). The Balaban J connectivity index is 1.54. The van der Waals surface area contributed by atoms with E-state index in [-0.39, 0.29) is 5.91 Å². The van der Waals surface area contributed by atoms with Gasteiger partial charge < -0.3 is 10.1 Å². The van der Waals surface area contributed by atoms with Crippen LogP contribution in [0.3, 0.4) is 0 Å². The highest BCUT2D eigenvalue weighted by atomic mass is 35.5. The highest BCUT2D eigenvalue weighted by molar-refractivity contribution is 7.13. The number of ether oxygens (including phenoxy) is 1. The van der Waals surface area contributed by atoms with E-state index in [0.29, 0.717) is 46.5 Å². The Labute approximate surface area is 171 Å². The van der Waals surface area contributed by atoms with Gasteiger partial charge in [-0.25, -0.2) is 9.97 Å². The van der Waals surface area contributed by atoms with Gasteiger partial charge in [-0.15, -0.1) is 10.2 Å². The molecule has 1 amide bonds. The second-order valence-electron chi connectivity index (χ2n) is 6.32. The number of halogens is 1. The standard InChI is InChI=1S/C18H19ClN6O2S/c1-11(2)9-27-17-14(19)5-12(7-22-17)6-20-15-4-3-13(8-21-15)16(26)24-18-25-23-10-28-18/h3-5,7-8,10-11H,6,9H2,1-2H3,(H,20,21)(H,24,25,26). The van der Waals surface area contributed by atoms with Crippen LogP contribution in [0.1, 0.15) is 29.8 Å². The van der Waals surface area contributed by atoms with Crippen molar-refractivity contribution in [1.82, 2.24) is 20.2 Å². The second-order valence-corrected chi connectivity index (χ2v) is 7.56. The first kappa shape index (κ1) is 20.0. The maximum atomic E-state index is 12.1. The van der Waals surface area contributed by atoms with Gasteiger partial charge in [-0.2, -0.15) is 0 Å². The average molecular weight is 419 g/mol. The van der Waals surface area contributed by atoms with E-state index < -0.39 is 0 Å². The Morgan fingerprint density at radius 1 is 1.29 bits per heavy atom. The number of hydrogen-bond acceptors (Lipinski definition) is 8. The van der Waals surface area contributed by atoms with E-state index in [9.17, 15) is 4.79 Å². The number of aromatic nitrogens is 4. The molecule has 10 heteroatoms. The number of pyridine rings is 2. The predicted molar refractivity (Wildman–Crippen MR) is 109 cm³/mol. The normalized spacial score (nSPS) is 10.7. The SMILES string of the molecule is CC(C)COc1ncc(CNc2ccc(C(=O)Nc3nncs3)cn2)cc1Cl. The molecule has 3 aromatic rings. The van der Waals surface area contributed by atoms with E-state index >= 15 is 0 Å². The van der Waals surface area contributed by atoms with Gasteiger partial charge in [0.05, 0.1) is 12.2 Å². The summed E-state index contributed by atoms with van der Waals surface area (Å²) in [4.78, 5) is 20.6. The van der Waals surface area contributed by atoms with E-state index in [4.69, 9.17) is 16.3 Å². The van der Waals surface area contributed by atoms with Gasteiger partial charge in [0.25, 0.3) is 5.91 Å². The number of nitrogens with zero attached hydrogens (tertiary/aromatic N) is 4. The third-order valence-electron chi connectivity index (χ3n) is 3.50. The zero-order valence-electron chi connectivity index (χ0n) is 15.3. The fourth-order valence-electron chi connectivity index (χ4n) is 2.14. The van der Waals surface area contributed by atoms with Crippen LogP contribution >= 0.6 is 22.9 Å². The summed E-state index contributed by atoms with van der Waals surface area (Å²) < 4.78 is 5.57. The van der Waals surface area contributed by atoms with E-state index in [0.717, 1.165) is 5.56 Å². The first-order valence-electron chi connectivity index (χ1n) is 8.56. The molecule has 146 valence electrons. The fraction of sp³-hybridized carbons (Fsp3) is 0.278. The zero-order valence-corrected chi connectivity index (χ0v) is 16.9. The summed E-state index contributed by atoms with van der Waals surface area (Å²) in [6.45, 7) is 5.17. The lowest BCUT2D eigenvalue weighted by atomic mass is 10.2. The molecular weight excluding hydrogens is 400 g/mol. The monoisotopic (exact) mass is 418 g/mol. The van der Waals surface area contributed by atoms with E-state index in [1.807, 2.05) is 0 Å². The maximum absolute atomic E-state index is 12.1. The third-order valence-corrected chi connectivity index (χ3v) is 4.37. The molecule has 0 spiro atoms. The number of carbonyl (C=O) groups is 1. The largest absolute Gasteiger partial charge is 0.476 e. The molecule has 0 unspecified atom stereocenters. The van der Waals surface area contributed by atoms with Crippen LogP contribution in [-0.4, -0.2) is 32.7 Å². The van der Waals surface area contributed by atoms with Gasteiger partial charge in [0.1, 0.15) is 16.4 Å². The minimum atomic E-state index is -0.288. The molecule has 0 radical (unpaired) electrons. The van der Waals surface area contributed by atoms with Crippen LogP contribution in [0.15, 0.2) is 36.1 Å². The Kier molecular flexibility index (Phi) is 6.72. The second kappa shape index (κ2) is 9.43. The van der Waals surface area contributed by atoms with E-state index in [1.165, 1.54) is 17.5 Å². The molecule has 3 heterocycles. The molecule has 0 atom stereocenters. The van der Waals surface area contributed by atoms with Crippen LogP contribution in [0.5, 0.6) is 5.88 Å². The summed E-state index contributed by atoms with van der Waals surface area (Å²) in [5.74, 6) is 1.17. The summed E-state index contributed by atoms with van der Waals surface area (Å²) in [6, 6.07) is 5.21. The van der Waals surface area contributed by atoms with E-state index in [1.54, 1.807) is 29.9 Å². The van der Waals surface area contributed by atoms with Crippen LogP contribution < -0.4 is 15.4 Å². The van der Waals surface area contributed by atoms with Crippen LogP contribution in [0.25, 0.3) is 0 Å². The van der Waals surface area contributed by atoms with Crippen molar-refractivity contribution in [3.63, 3.8) is 0 Å². The average Bonchev–Trinajstić information content (AvgIpc) is 3.19. The number of rotatable bonds is 8. The van der Waals surface area contributed by atoms with Crippen molar-refractivity contribution in [2.24, 2.45) is 5.92 Å². The Bertz CT molecular complexity index is 918. The van der Waals surface area contributed by atoms with Gasteiger partial charge in [-0.05, 0) is 29.7 Å². The number of carbonyl (C=O) groups excluding carboxylic acids is 1. The van der Waals surface area contributed by atoms with E-state index in [2.05, 4.69) is 44.6 Å². The topological polar surface area (TPSA) is 102 Å². The molecular formula is C18H19ClN6O2S. The third kappa shape index (κ3) is 5.61. The van der Waals surface area contributed by atoms with Gasteiger partial charge >= 0.3 is 0 Å². The molecule has 28 heavy (non-hydrogen) atoms. The van der Waals surface area contributed by atoms with Crippen LogP contribution in [0, 0.1) is 5.92 Å². The molecule has 0 aliphatic heterocycles. The first-order valence-corrected chi connectivity index (χ1v) is 9.81. The number of amides is 1. The van der Waals surface area contributed by atoms with Crippen LogP contribution in [0.4, 0.5) is 10.9 Å². The van der Waals surface area contributed by atoms with Gasteiger partial charge in [0.15, 0.2) is 0 Å². The minimum Gasteiger partial charge on any atom is -0.476 e. The lowest BCUT2D eigenvalue weighted by molar-refractivity contribution is 0.102. The number of anilines is 2. The molecule has 0 aromatic carbocycles. The van der Waals surface area contributed by atoms with Crippen molar-refractivity contribution >= 4 is 39.8 Å². The lowest BCUT2D eigenvalue weighted by Crippen LogP contribution is -2.12. The van der Waals surface area contributed by atoms with Crippen molar-refractivity contribution in [2.75, 3.05) is 17.2 Å². The zero-order chi connectivity index (χ0) is 19.9. The van der Waals surface area contributed by atoms with Crippen molar-refractivity contribution in [1.29, 1.82) is 0 Å². The molecule has 0 saturated heterocycles. The minimum absolute atomic E-state index is 0.288. The Hall–Kier alpha value is -2.78. The summed E-state index contributed by atoms with van der Waals surface area (Å²) in [5.41, 5.74) is 2.87. The number of hydrogen-bond donors (Lipinski definition) is 2. The molecule has 0 saturated carbocycles. The van der Waals surface area contributed by atoms with Crippen molar-refractivity contribution in [2.45, 2.75) is 20.4 Å². The highest BCUT2D eigenvalue weighted by Gasteiger charge is 2.09. The summed E-state index contributed by atoms with van der Waals surface area (Å²) in [6.07, 6.45) is 3.20. The summed E-state index contributed by atoms with van der Waals surface area (Å²) in [7, 11) is 0. The maximum Gasteiger partial charge on any atom is 0.259 e. The molecule has 2 N–H and O–H groups in total. The van der Waals surface area contributed by atoms with Crippen LogP contribution in [-0.2, 0) is 6.54 Å². The Morgan fingerprint density at radius 3 is 2.79 bits per heavy atom. The van der Waals surface area contributed by atoms with Gasteiger partial charge in [0.2, 0.25) is 11.0 Å². The van der Waals surface area contributed by atoms with Crippen molar-refractivity contribution in [3.8, 4) is 5.88 Å². The predicted octanol–water partition coefficient (Wildman–Crippen LogP) is 3.88. The van der Waals surface area contributed by atoms with Gasteiger partial charge in [-0.3, -0.25) is 10.1 Å². The fourth-order valence-corrected chi connectivity index (χ4v) is 2.82.